The van der Waals surface area contributed by atoms with Crippen LogP contribution in [-0.4, -0.2) is 26.6 Å². The molecule has 0 saturated carbocycles. The van der Waals surface area contributed by atoms with Gasteiger partial charge in [-0.05, 0) is 24.6 Å². The molecule has 1 amide bonds. The van der Waals surface area contributed by atoms with Crippen molar-refractivity contribution in [3.63, 3.8) is 0 Å². The van der Waals surface area contributed by atoms with Gasteiger partial charge in [-0.1, -0.05) is 49.5 Å². The third-order valence-electron chi connectivity index (χ3n) is 2.18. The number of carboxylic acid groups (broad SMARTS) is 1. The highest BCUT2D eigenvalue weighted by Gasteiger charge is 2.29. The van der Waals surface area contributed by atoms with E-state index in [2.05, 4.69) is 37.2 Å². The van der Waals surface area contributed by atoms with E-state index in [1.807, 2.05) is 6.92 Å². The molecule has 98 valence electrons. The highest BCUT2D eigenvalue weighted by molar-refractivity contribution is 9.12. The number of rotatable bonds is 4. The maximum Gasteiger partial charge on any atom is 0.318 e. The predicted molar refractivity (Wildman–Crippen MR) is 77.9 cm³/mol. The van der Waals surface area contributed by atoms with Crippen molar-refractivity contribution >= 4 is 61.0 Å². The molecule has 1 rings (SSSR count). The summed E-state index contributed by atoms with van der Waals surface area (Å²) in [5.74, 6) is -1.58. The topological polar surface area (TPSA) is 66.4 Å². The molecule has 7 heteroatoms. The number of carbonyl (C=O) groups excluding carboxylic acids is 1. The van der Waals surface area contributed by atoms with E-state index in [1.54, 1.807) is 18.2 Å². The first-order chi connectivity index (χ1) is 8.32. The molecule has 0 saturated heterocycles. The summed E-state index contributed by atoms with van der Waals surface area (Å²) >= 11 is 11.9. The first-order valence-corrected chi connectivity index (χ1v) is 7.12. The fourth-order valence-electron chi connectivity index (χ4n) is 1.14. The van der Waals surface area contributed by atoms with Crippen molar-refractivity contribution in [3.8, 4) is 0 Å². The van der Waals surface area contributed by atoms with Gasteiger partial charge < -0.3 is 10.4 Å². The summed E-state index contributed by atoms with van der Waals surface area (Å²) in [5, 5.41) is 11.9. The summed E-state index contributed by atoms with van der Waals surface area (Å²) in [7, 11) is 0. The minimum Gasteiger partial charge on any atom is -0.480 e. The van der Waals surface area contributed by atoms with Crippen LogP contribution >= 0.6 is 43.5 Å². The van der Waals surface area contributed by atoms with Crippen LogP contribution in [0.3, 0.4) is 0 Å². The van der Waals surface area contributed by atoms with Crippen molar-refractivity contribution in [1.82, 2.24) is 0 Å². The fourth-order valence-corrected chi connectivity index (χ4v) is 1.90. The van der Waals surface area contributed by atoms with Crippen LogP contribution in [0.25, 0.3) is 0 Å². The summed E-state index contributed by atoms with van der Waals surface area (Å²) in [4.78, 5) is 20.6. The first-order valence-electron chi connectivity index (χ1n) is 4.91. The lowest BCUT2D eigenvalue weighted by molar-refractivity contribution is -0.137. The molecule has 0 aliphatic carbocycles. The van der Waals surface area contributed by atoms with Gasteiger partial charge >= 0.3 is 5.97 Å². The van der Waals surface area contributed by atoms with Gasteiger partial charge in [-0.25, -0.2) is 0 Å². The summed E-state index contributed by atoms with van der Waals surface area (Å²) in [6.45, 7) is 1.85. The second kappa shape index (κ2) is 6.54. The molecule has 2 atom stereocenters. The van der Waals surface area contributed by atoms with Crippen LogP contribution in [0.5, 0.6) is 0 Å². The average molecular weight is 399 g/mol. The maximum atomic E-state index is 11.8. The van der Waals surface area contributed by atoms with Crippen LogP contribution in [-0.2, 0) is 9.59 Å². The summed E-state index contributed by atoms with van der Waals surface area (Å²) in [6, 6.07) is 5.07. The molecule has 0 radical (unpaired) electrons. The second-order valence-electron chi connectivity index (χ2n) is 3.59. The van der Waals surface area contributed by atoms with Gasteiger partial charge in [-0.2, -0.15) is 0 Å². The smallest absolute Gasteiger partial charge is 0.318 e. The Morgan fingerprint density at radius 1 is 1.33 bits per heavy atom. The van der Waals surface area contributed by atoms with Gasteiger partial charge in [0, 0.05) is 10.7 Å². The van der Waals surface area contributed by atoms with Crippen molar-refractivity contribution in [3.05, 3.63) is 28.8 Å². The van der Waals surface area contributed by atoms with E-state index < -0.39 is 21.5 Å². The van der Waals surface area contributed by atoms with Gasteiger partial charge in [-0.3, -0.25) is 9.59 Å². The van der Waals surface area contributed by atoms with E-state index >= 15 is 0 Å². The van der Waals surface area contributed by atoms with Crippen molar-refractivity contribution in [2.24, 2.45) is 0 Å². The Morgan fingerprint density at radius 3 is 2.44 bits per heavy atom. The molecule has 1 aromatic rings. The van der Waals surface area contributed by atoms with E-state index in [9.17, 15) is 9.59 Å². The lowest BCUT2D eigenvalue weighted by atomic mass is 10.2. The number of carbonyl (C=O) groups is 2. The van der Waals surface area contributed by atoms with Gasteiger partial charge in [0.15, 0.2) is 0 Å². The van der Waals surface area contributed by atoms with Gasteiger partial charge in [0.05, 0.1) is 0 Å². The summed E-state index contributed by atoms with van der Waals surface area (Å²) in [5.41, 5.74) is 1.42. The number of carboxylic acids is 1. The number of nitrogens with one attached hydrogen (secondary N) is 1. The monoisotopic (exact) mass is 397 g/mol. The zero-order valence-electron chi connectivity index (χ0n) is 9.28. The molecule has 0 heterocycles. The molecule has 1 aromatic carbocycles. The molecule has 4 nitrogen and oxygen atoms in total. The Bertz CT molecular complexity index is 481. The molecular formula is C11H10Br2ClNO3. The van der Waals surface area contributed by atoms with Gasteiger partial charge in [0.25, 0.3) is 0 Å². The van der Waals surface area contributed by atoms with E-state index in [1.165, 1.54) is 0 Å². The standard InChI is InChI=1S/C11H10Br2ClNO3/c1-5-2-3-6(4-7(5)14)15-10(16)8(12)9(13)11(17)18/h2-4,8-9H,1H3,(H,15,16)(H,17,18)/t8-,9+/m0/s1. The van der Waals surface area contributed by atoms with Gasteiger partial charge in [0.2, 0.25) is 5.91 Å². The van der Waals surface area contributed by atoms with Gasteiger partial charge in [0.1, 0.15) is 9.65 Å². The molecule has 2 N–H and O–H groups in total. The predicted octanol–water partition coefficient (Wildman–Crippen LogP) is 3.20. The van der Waals surface area contributed by atoms with Crippen molar-refractivity contribution in [2.75, 3.05) is 5.32 Å². The van der Waals surface area contributed by atoms with E-state index in [0.29, 0.717) is 10.7 Å². The first kappa shape index (κ1) is 15.5. The Balaban J connectivity index is 2.75. The van der Waals surface area contributed by atoms with Crippen LogP contribution in [0.1, 0.15) is 5.56 Å². The average Bonchev–Trinajstić information content (AvgIpc) is 2.31. The summed E-state index contributed by atoms with van der Waals surface area (Å²) in [6.07, 6.45) is 0. The Morgan fingerprint density at radius 2 is 1.94 bits per heavy atom. The molecule has 18 heavy (non-hydrogen) atoms. The van der Waals surface area contributed by atoms with Crippen LogP contribution in [0.2, 0.25) is 5.02 Å². The number of amides is 1. The maximum absolute atomic E-state index is 11.8. The number of aryl methyl sites for hydroxylation is 1. The summed E-state index contributed by atoms with van der Waals surface area (Å²) < 4.78 is 0. The third kappa shape index (κ3) is 3.96. The number of hydrogen-bond acceptors (Lipinski definition) is 2. The Labute approximate surface area is 126 Å². The van der Waals surface area contributed by atoms with Crippen molar-refractivity contribution in [2.45, 2.75) is 16.6 Å². The molecule has 0 aromatic heterocycles. The molecule has 0 aliphatic rings. The molecule has 0 bridgehead atoms. The molecule has 0 spiro atoms. The van der Waals surface area contributed by atoms with Crippen molar-refractivity contribution in [1.29, 1.82) is 0 Å². The number of aliphatic carboxylic acids is 1. The highest BCUT2D eigenvalue weighted by Crippen LogP contribution is 2.22. The fraction of sp³-hybridized carbons (Fsp3) is 0.273. The lowest BCUT2D eigenvalue weighted by Gasteiger charge is -2.13. The molecule has 0 aliphatic heterocycles. The van der Waals surface area contributed by atoms with Crippen LogP contribution in [0.15, 0.2) is 18.2 Å². The minimum absolute atomic E-state index is 0.459. The Hall–Kier alpha value is -0.590. The van der Waals surface area contributed by atoms with Crippen LogP contribution in [0.4, 0.5) is 5.69 Å². The zero-order chi connectivity index (χ0) is 13.9. The second-order valence-corrected chi connectivity index (χ2v) is 5.98. The normalized spacial score (nSPS) is 13.8. The number of benzene rings is 1. The van der Waals surface area contributed by atoms with E-state index in [4.69, 9.17) is 16.7 Å². The molecule has 0 fully saturated rings. The van der Waals surface area contributed by atoms with Crippen LogP contribution < -0.4 is 5.32 Å². The van der Waals surface area contributed by atoms with Crippen LogP contribution in [0, 0.1) is 6.92 Å². The largest absolute Gasteiger partial charge is 0.480 e. The molecular weight excluding hydrogens is 389 g/mol. The van der Waals surface area contributed by atoms with E-state index in [-0.39, 0.29) is 0 Å². The number of alkyl halides is 2. The number of anilines is 1. The van der Waals surface area contributed by atoms with E-state index in [0.717, 1.165) is 5.56 Å². The SMILES string of the molecule is Cc1ccc(NC(=O)[C@@H](Br)[C@@H](Br)C(=O)O)cc1Cl. The van der Waals surface area contributed by atoms with Crippen molar-refractivity contribution < 1.29 is 14.7 Å². The zero-order valence-corrected chi connectivity index (χ0v) is 13.2. The Kier molecular flexibility index (Phi) is 5.62. The quantitative estimate of drug-likeness (QED) is 0.764. The highest BCUT2D eigenvalue weighted by atomic mass is 79.9. The number of hydrogen-bond donors (Lipinski definition) is 2. The van der Waals surface area contributed by atoms with Gasteiger partial charge in [-0.15, -0.1) is 0 Å². The third-order valence-corrected chi connectivity index (χ3v) is 5.16. The molecule has 0 unspecified atom stereocenters. The number of halogens is 3. The minimum atomic E-state index is -1.12. The lowest BCUT2D eigenvalue weighted by Crippen LogP contribution is -2.34.